The summed E-state index contributed by atoms with van der Waals surface area (Å²) in [6.07, 6.45) is 0. The van der Waals surface area contributed by atoms with Crippen molar-refractivity contribution < 1.29 is 9.59 Å². The molecule has 6 nitrogen and oxygen atoms in total. The molecule has 1 aromatic heterocycles. The van der Waals surface area contributed by atoms with Crippen LogP contribution in [-0.4, -0.2) is 45.1 Å². The first-order chi connectivity index (χ1) is 13.8. The molecule has 0 aliphatic carbocycles. The van der Waals surface area contributed by atoms with Gasteiger partial charge in [-0.25, -0.2) is 4.98 Å². The first kappa shape index (κ1) is 23.0. The van der Waals surface area contributed by atoms with Gasteiger partial charge in [-0.3, -0.25) is 9.59 Å². The van der Waals surface area contributed by atoms with Crippen molar-refractivity contribution in [3.63, 3.8) is 0 Å². The molecule has 1 N–H and O–H groups in total. The third-order valence-corrected chi connectivity index (χ3v) is 5.72. The number of aryl methyl sites for hydroxylation is 1. The predicted octanol–water partition coefficient (Wildman–Crippen LogP) is 4.37. The molecule has 29 heavy (non-hydrogen) atoms. The quantitative estimate of drug-likeness (QED) is 0.617. The Morgan fingerprint density at radius 3 is 2.52 bits per heavy atom. The molecule has 0 fully saturated rings. The van der Waals surface area contributed by atoms with Gasteiger partial charge in [0.2, 0.25) is 5.91 Å². The van der Waals surface area contributed by atoms with Crippen molar-refractivity contribution in [2.75, 3.05) is 24.2 Å². The van der Waals surface area contributed by atoms with Crippen molar-refractivity contribution in [2.45, 2.75) is 53.2 Å². The van der Waals surface area contributed by atoms with Gasteiger partial charge >= 0.3 is 0 Å². The number of nitrogens with one attached hydrogen (secondary N) is 1. The van der Waals surface area contributed by atoms with E-state index in [1.807, 2.05) is 20.8 Å². The van der Waals surface area contributed by atoms with Crippen LogP contribution in [0.2, 0.25) is 0 Å². The van der Waals surface area contributed by atoms with Crippen molar-refractivity contribution in [1.29, 1.82) is 0 Å². The van der Waals surface area contributed by atoms with Gasteiger partial charge in [0.15, 0.2) is 5.16 Å². The van der Waals surface area contributed by atoms with Gasteiger partial charge in [-0.05, 0) is 51.8 Å². The average Bonchev–Trinajstić information content (AvgIpc) is 2.94. The molecule has 0 saturated carbocycles. The topological polar surface area (TPSA) is 67.2 Å². The molecule has 1 heterocycles. The molecule has 0 saturated heterocycles. The summed E-state index contributed by atoms with van der Waals surface area (Å²) in [4.78, 5) is 31.4. The highest BCUT2D eigenvalue weighted by atomic mass is 32.2. The Bertz CT molecular complexity index is 856. The van der Waals surface area contributed by atoms with Crippen LogP contribution in [0.3, 0.4) is 0 Å². The van der Waals surface area contributed by atoms with Crippen LogP contribution in [0.1, 0.15) is 49.4 Å². The fraction of sp³-hybridized carbons (Fsp3) is 0.500. The fourth-order valence-electron chi connectivity index (χ4n) is 3.06. The summed E-state index contributed by atoms with van der Waals surface area (Å²) in [5.74, 6) is 0.628. The number of rotatable bonds is 9. The summed E-state index contributed by atoms with van der Waals surface area (Å²) in [5.41, 5.74) is 3.35. The molecule has 2 aromatic rings. The zero-order valence-corrected chi connectivity index (χ0v) is 19.1. The third kappa shape index (κ3) is 6.10. The van der Waals surface area contributed by atoms with Crippen LogP contribution >= 0.6 is 11.8 Å². The third-order valence-electron chi connectivity index (χ3n) is 4.75. The highest BCUT2D eigenvalue weighted by Crippen LogP contribution is 2.23. The molecule has 0 bridgehead atoms. The number of amides is 2. The first-order valence-corrected chi connectivity index (χ1v) is 11.1. The summed E-state index contributed by atoms with van der Waals surface area (Å²) in [7, 11) is 0. The van der Waals surface area contributed by atoms with Gasteiger partial charge in [-0.2, -0.15) is 0 Å². The number of benzene rings is 1. The number of aromatic nitrogens is 2. The Balaban J connectivity index is 2.03. The number of anilines is 1. The second-order valence-corrected chi connectivity index (χ2v) is 8.41. The van der Waals surface area contributed by atoms with Crippen LogP contribution < -0.4 is 5.32 Å². The zero-order chi connectivity index (χ0) is 21.6. The van der Waals surface area contributed by atoms with E-state index in [4.69, 9.17) is 0 Å². The molecule has 2 rings (SSSR count). The molecule has 0 unspecified atom stereocenters. The van der Waals surface area contributed by atoms with Gasteiger partial charge in [0.25, 0.3) is 5.91 Å². The van der Waals surface area contributed by atoms with E-state index in [2.05, 4.69) is 35.6 Å². The minimum atomic E-state index is -0.114. The van der Waals surface area contributed by atoms with E-state index in [0.717, 1.165) is 23.1 Å². The number of imidazole rings is 1. The molecule has 0 atom stereocenters. The second kappa shape index (κ2) is 10.5. The van der Waals surface area contributed by atoms with Crippen molar-refractivity contribution in [3.05, 3.63) is 41.2 Å². The molecule has 0 spiro atoms. The first-order valence-electron chi connectivity index (χ1n) is 10.1. The summed E-state index contributed by atoms with van der Waals surface area (Å²) >= 11 is 1.44. The highest BCUT2D eigenvalue weighted by Gasteiger charge is 2.16. The number of nitrogens with zero attached hydrogens (tertiary/aromatic N) is 3. The van der Waals surface area contributed by atoms with Gasteiger partial charge in [-0.15, -0.1) is 0 Å². The Morgan fingerprint density at radius 2 is 1.90 bits per heavy atom. The maximum Gasteiger partial charge on any atom is 0.253 e. The van der Waals surface area contributed by atoms with Crippen LogP contribution in [0.25, 0.3) is 0 Å². The minimum absolute atomic E-state index is 0.0258. The van der Waals surface area contributed by atoms with E-state index >= 15 is 0 Å². The molecular weight excluding hydrogens is 384 g/mol. The fourth-order valence-corrected chi connectivity index (χ4v) is 3.97. The lowest BCUT2D eigenvalue weighted by atomic mass is 10.1. The van der Waals surface area contributed by atoms with Crippen LogP contribution in [0.4, 0.5) is 5.69 Å². The van der Waals surface area contributed by atoms with E-state index in [1.165, 1.54) is 11.8 Å². The Labute approximate surface area is 178 Å². The van der Waals surface area contributed by atoms with Crippen molar-refractivity contribution in [2.24, 2.45) is 5.92 Å². The van der Waals surface area contributed by atoms with Crippen molar-refractivity contribution >= 4 is 29.3 Å². The van der Waals surface area contributed by atoms with E-state index in [1.54, 1.807) is 29.2 Å². The van der Waals surface area contributed by atoms with Gasteiger partial charge < -0.3 is 14.8 Å². The second-order valence-electron chi connectivity index (χ2n) is 7.46. The van der Waals surface area contributed by atoms with E-state index in [0.29, 0.717) is 30.3 Å². The minimum Gasteiger partial charge on any atom is -0.339 e. The lowest BCUT2D eigenvalue weighted by molar-refractivity contribution is -0.113. The zero-order valence-electron chi connectivity index (χ0n) is 18.3. The van der Waals surface area contributed by atoms with Gasteiger partial charge in [0.1, 0.15) is 0 Å². The monoisotopic (exact) mass is 416 g/mol. The van der Waals surface area contributed by atoms with Crippen LogP contribution in [-0.2, 0) is 11.3 Å². The number of carbonyl (C=O) groups is 2. The Hall–Kier alpha value is -2.28. The number of thioether (sulfide) groups is 1. The SMILES string of the molecule is CCN(CC)C(=O)c1cccc(NC(=O)CSc2nc(C)c(C)n2CC(C)C)c1. The van der Waals surface area contributed by atoms with E-state index in [-0.39, 0.29) is 17.6 Å². The predicted molar refractivity (Wildman–Crippen MR) is 120 cm³/mol. The van der Waals surface area contributed by atoms with E-state index in [9.17, 15) is 9.59 Å². The lowest BCUT2D eigenvalue weighted by Crippen LogP contribution is -2.30. The summed E-state index contributed by atoms with van der Waals surface area (Å²) in [6, 6.07) is 7.10. The molecule has 7 heteroatoms. The maximum atomic E-state index is 12.5. The molecule has 1 aromatic carbocycles. The summed E-state index contributed by atoms with van der Waals surface area (Å²) < 4.78 is 2.18. The molecule has 0 radical (unpaired) electrons. The molecular formula is C22H32N4O2S. The summed E-state index contributed by atoms with van der Waals surface area (Å²) in [5, 5.41) is 3.77. The van der Waals surface area contributed by atoms with Gasteiger partial charge in [0, 0.05) is 36.6 Å². The maximum absolute atomic E-state index is 12.5. The Morgan fingerprint density at radius 1 is 1.21 bits per heavy atom. The van der Waals surface area contributed by atoms with Crippen molar-refractivity contribution in [1.82, 2.24) is 14.5 Å². The van der Waals surface area contributed by atoms with E-state index < -0.39 is 0 Å². The molecule has 2 amide bonds. The van der Waals surface area contributed by atoms with Crippen molar-refractivity contribution in [3.8, 4) is 0 Å². The largest absolute Gasteiger partial charge is 0.339 e. The van der Waals surface area contributed by atoms with Gasteiger partial charge in [-0.1, -0.05) is 31.7 Å². The molecule has 0 aliphatic rings. The normalized spacial score (nSPS) is 11.0. The van der Waals surface area contributed by atoms with Crippen LogP contribution in [0, 0.1) is 19.8 Å². The average molecular weight is 417 g/mol. The number of hydrogen-bond donors (Lipinski definition) is 1. The van der Waals surface area contributed by atoms with Gasteiger partial charge in [0.05, 0.1) is 11.4 Å². The number of carbonyl (C=O) groups excluding carboxylic acids is 2. The molecule has 158 valence electrons. The highest BCUT2D eigenvalue weighted by molar-refractivity contribution is 7.99. The van der Waals surface area contributed by atoms with Crippen LogP contribution in [0.15, 0.2) is 29.4 Å². The van der Waals surface area contributed by atoms with Crippen LogP contribution in [0.5, 0.6) is 0 Å². The summed E-state index contributed by atoms with van der Waals surface area (Å²) in [6.45, 7) is 14.5. The smallest absolute Gasteiger partial charge is 0.253 e. The lowest BCUT2D eigenvalue weighted by Gasteiger charge is -2.19. The Kier molecular flexibility index (Phi) is 8.32. The molecule has 0 aliphatic heterocycles. The standard InChI is InChI=1S/C22H32N4O2S/c1-7-25(8-2)21(28)18-10-9-11-19(12-18)24-20(27)14-29-22-23-16(5)17(6)26(22)13-15(3)4/h9-12,15H,7-8,13-14H2,1-6H3,(H,24,27). The number of hydrogen-bond acceptors (Lipinski definition) is 4.